The Labute approximate surface area is 150 Å². The molecule has 3 amide bonds. The highest BCUT2D eigenvalue weighted by molar-refractivity contribution is 6.02. The van der Waals surface area contributed by atoms with E-state index < -0.39 is 0 Å². The van der Waals surface area contributed by atoms with Gasteiger partial charge in [0, 0.05) is 41.6 Å². The second kappa shape index (κ2) is 5.18. The Bertz CT molecular complexity index is 974. The maximum atomic E-state index is 13.4. The summed E-state index contributed by atoms with van der Waals surface area (Å²) < 4.78 is -0.360. The number of nitrogens with zero attached hydrogens (tertiary/aromatic N) is 2. The average Bonchev–Trinajstić information content (AvgIpc) is 3.13. The summed E-state index contributed by atoms with van der Waals surface area (Å²) >= 11 is 0. The van der Waals surface area contributed by atoms with Crippen molar-refractivity contribution in [2.24, 2.45) is 5.92 Å². The Balaban J connectivity index is 1.56. The van der Waals surface area contributed by atoms with Crippen LogP contribution in [0.2, 0.25) is 0 Å². The molecular weight excluding hydrogens is 332 g/mol. The van der Waals surface area contributed by atoms with E-state index in [0.29, 0.717) is 13.1 Å². The highest BCUT2D eigenvalue weighted by Gasteiger charge is 2.41. The smallest absolute Gasteiger partial charge is 0.324 e. The number of rotatable bonds is 2. The summed E-state index contributed by atoms with van der Waals surface area (Å²) in [6.45, 7) is 0.865. The third-order valence-electron chi connectivity index (χ3n) is 5.87. The first-order chi connectivity index (χ1) is 12.4. The summed E-state index contributed by atoms with van der Waals surface area (Å²) in [5.74, 6) is -0.355. The number of urea groups is 1. The molecule has 0 spiro atoms. The zero-order chi connectivity index (χ0) is 18.1. The van der Waals surface area contributed by atoms with Gasteiger partial charge in [0.25, 0.3) is 0 Å². The van der Waals surface area contributed by atoms with Gasteiger partial charge in [0.15, 0.2) is 0 Å². The molecule has 2 aromatic rings. The molecule has 2 aliphatic heterocycles. The van der Waals surface area contributed by atoms with E-state index in [1.807, 2.05) is 12.3 Å². The molecule has 3 atom stereocenters. The molecule has 5 rings (SSSR count). The number of hydrogen-bond acceptors (Lipinski definition) is 3. The van der Waals surface area contributed by atoms with Crippen molar-refractivity contribution in [3.05, 3.63) is 46.8 Å². The van der Waals surface area contributed by atoms with E-state index in [9.17, 15) is 14.8 Å². The Morgan fingerprint density at radius 2 is 2.19 bits per heavy atom. The van der Waals surface area contributed by atoms with Crippen LogP contribution in [0.4, 0.5) is 4.79 Å². The molecule has 3 aliphatic rings. The van der Waals surface area contributed by atoms with Crippen molar-refractivity contribution in [2.75, 3.05) is 26.7 Å². The van der Waals surface area contributed by atoms with Gasteiger partial charge in [-0.15, -0.1) is 0 Å². The van der Waals surface area contributed by atoms with E-state index in [1.54, 1.807) is 7.05 Å². The van der Waals surface area contributed by atoms with Crippen LogP contribution in [0.3, 0.4) is 0 Å². The standard InChI is InChI=1S/C19H20N4O3/c1-23(26)10-11(8-22-9-17(24)21-19(22)25)5-14-13-3-2-4-15-18(13)12(7-20-15)6-16(14)23/h2-5,7,11,16,20H,6,8-10H2,1H3,(H,21,24,25)/t11-,16+,23?/m0/s1. The zero-order valence-electron chi connectivity index (χ0n) is 14.5. The van der Waals surface area contributed by atoms with E-state index in [1.165, 1.54) is 15.8 Å². The largest absolute Gasteiger partial charge is 0.633 e. The minimum absolute atomic E-state index is 0.0715. The topological polar surface area (TPSA) is 88.3 Å². The number of quaternary nitrogens is 1. The fourth-order valence-corrected chi connectivity index (χ4v) is 4.77. The molecule has 134 valence electrons. The lowest BCUT2D eigenvalue weighted by molar-refractivity contribution is -0.881. The Morgan fingerprint density at radius 1 is 1.35 bits per heavy atom. The van der Waals surface area contributed by atoms with Crippen LogP contribution in [-0.2, 0) is 11.2 Å². The first-order valence-electron chi connectivity index (χ1n) is 8.88. The molecule has 2 N–H and O–H groups in total. The number of fused-ring (bicyclic) bond motifs is 2. The number of hydrogen-bond donors (Lipinski definition) is 2. The number of aromatic nitrogens is 1. The maximum Gasteiger partial charge on any atom is 0.324 e. The Kier molecular flexibility index (Phi) is 3.11. The highest BCUT2D eigenvalue weighted by atomic mass is 16.5. The van der Waals surface area contributed by atoms with Crippen LogP contribution in [-0.4, -0.2) is 59.2 Å². The van der Waals surface area contributed by atoms with Gasteiger partial charge in [-0.1, -0.05) is 18.2 Å². The third-order valence-corrected chi connectivity index (χ3v) is 5.87. The normalized spacial score (nSPS) is 30.4. The zero-order valence-corrected chi connectivity index (χ0v) is 14.5. The molecule has 3 heterocycles. The van der Waals surface area contributed by atoms with Gasteiger partial charge >= 0.3 is 6.03 Å². The Morgan fingerprint density at radius 3 is 2.96 bits per heavy atom. The van der Waals surface area contributed by atoms with Crippen molar-refractivity contribution >= 4 is 28.4 Å². The fraction of sp³-hybridized carbons (Fsp3) is 0.368. The molecule has 7 nitrogen and oxygen atoms in total. The van der Waals surface area contributed by atoms with Gasteiger partial charge in [0.1, 0.15) is 12.6 Å². The lowest BCUT2D eigenvalue weighted by Crippen LogP contribution is -2.55. The number of hydroxylamine groups is 3. The van der Waals surface area contributed by atoms with Crippen LogP contribution in [0.5, 0.6) is 0 Å². The third kappa shape index (κ3) is 2.21. The minimum Gasteiger partial charge on any atom is -0.633 e. The summed E-state index contributed by atoms with van der Waals surface area (Å²) in [6.07, 6.45) is 4.89. The SMILES string of the molecule is C[N+]1([O-])C[C@H](CN2CC(=O)NC2=O)C=C2c3cccc4[nH]cc(c34)C[C@H]21. The second-order valence-corrected chi connectivity index (χ2v) is 7.73. The van der Waals surface area contributed by atoms with Gasteiger partial charge in [-0.3, -0.25) is 10.1 Å². The van der Waals surface area contributed by atoms with Gasteiger partial charge in [0.2, 0.25) is 5.91 Å². The summed E-state index contributed by atoms with van der Waals surface area (Å²) in [4.78, 5) is 28.1. The number of carbonyl (C=O) groups is 2. The van der Waals surface area contributed by atoms with E-state index in [4.69, 9.17) is 0 Å². The first-order valence-corrected chi connectivity index (χ1v) is 8.88. The number of aromatic amines is 1. The summed E-state index contributed by atoms with van der Waals surface area (Å²) in [6, 6.07) is 5.64. The van der Waals surface area contributed by atoms with Crippen molar-refractivity contribution in [3.63, 3.8) is 0 Å². The molecule has 26 heavy (non-hydrogen) atoms. The molecule has 1 aliphatic carbocycles. The van der Waals surface area contributed by atoms with Crippen LogP contribution in [0.25, 0.3) is 16.5 Å². The van der Waals surface area contributed by atoms with Crippen LogP contribution >= 0.6 is 0 Å². The monoisotopic (exact) mass is 352 g/mol. The van der Waals surface area contributed by atoms with Crippen LogP contribution < -0.4 is 5.32 Å². The number of benzene rings is 1. The van der Waals surface area contributed by atoms with E-state index in [0.717, 1.165) is 23.1 Å². The fourth-order valence-electron chi connectivity index (χ4n) is 4.77. The summed E-state index contributed by atoms with van der Waals surface area (Å²) in [7, 11) is 1.72. The number of likely N-dealkylation sites (N-methyl/N-ethyl adjacent to an activating group) is 1. The molecule has 0 radical (unpaired) electrons. The summed E-state index contributed by atoms with van der Waals surface area (Å²) in [5, 5.41) is 16.9. The van der Waals surface area contributed by atoms with Crippen molar-refractivity contribution in [1.82, 2.24) is 15.2 Å². The maximum absolute atomic E-state index is 13.4. The van der Waals surface area contributed by atoms with Crippen LogP contribution in [0, 0.1) is 11.1 Å². The molecule has 1 aromatic heterocycles. The van der Waals surface area contributed by atoms with E-state index >= 15 is 0 Å². The number of carbonyl (C=O) groups excluding carboxylic acids is 2. The van der Waals surface area contributed by atoms with Gasteiger partial charge in [-0.25, -0.2) is 4.79 Å². The van der Waals surface area contributed by atoms with Crippen LogP contribution in [0.1, 0.15) is 11.1 Å². The van der Waals surface area contributed by atoms with Crippen LogP contribution in [0.15, 0.2) is 30.5 Å². The molecular formula is C19H20N4O3. The van der Waals surface area contributed by atoms with Crippen molar-refractivity contribution in [1.29, 1.82) is 0 Å². The Hall–Kier alpha value is -2.64. The van der Waals surface area contributed by atoms with Crippen molar-refractivity contribution in [3.8, 4) is 0 Å². The molecule has 0 bridgehead atoms. The molecule has 1 unspecified atom stereocenters. The van der Waals surface area contributed by atoms with Gasteiger partial charge in [-0.05, 0) is 17.2 Å². The molecule has 1 saturated heterocycles. The average molecular weight is 352 g/mol. The van der Waals surface area contributed by atoms with Crippen molar-refractivity contribution < 1.29 is 14.2 Å². The predicted octanol–water partition coefficient (Wildman–Crippen LogP) is 1.60. The molecule has 1 aromatic carbocycles. The molecule has 7 heteroatoms. The molecule has 0 saturated carbocycles. The lowest BCUT2D eigenvalue weighted by atomic mass is 9.79. The summed E-state index contributed by atoms with van der Waals surface area (Å²) in [5.41, 5.74) is 4.47. The second-order valence-electron chi connectivity index (χ2n) is 7.73. The number of imide groups is 1. The number of nitrogens with one attached hydrogen (secondary N) is 2. The first kappa shape index (κ1) is 15.6. The molecule has 1 fully saturated rings. The van der Waals surface area contributed by atoms with E-state index in [2.05, 4.69) is 28.5 Å². The van der Waals surface area contributed by atoms with Gasteiger partial charge in [0.05, 0.1) is 13.6 Å². The number of H-pyrrole nitrogens is 1. The quantitative estimate of drug-likeness (QED) is 0.489. The minimum atomic E-state index is -0.366. The van der Waals surface area contributed by atoms with Gasteiger partial charge in [-0.2, -0.15) is 0 Å². The highest BCUT2D eigenvalue weighted by Crippen LogP contribution is 2.43. The predicted molar refractivity (Wildman–Crippen MR) is 96.8 cm³/mol. The van der Waals surface area contributed by atoms with Gasteiger partial charge < -0.3 is 19.7 Å². The number of amides is 3. The van der Waals surface area contributed by atoms with Crippen molar-refractivity contribution in [2.45, 2.75) is 12.5 Å². The van der Waals surface area contributed by atoms with E-state index in [-0.39, 0.29) is 35.1 Å². The lowest BCUT2D eigenvalue weighted by Gasteiger charge is -2.52.